The number of carbonyl (C=O) groups excluding carboxylic acids is 4. The van der Waals surface area contributed by atoms with Gasteiger partial charge in [-0.05, 0) is 95.8 Å². The molecule has 3 aromatic carbocycles. The molecule has 4 aliphatic heterocycles. The van der Waals surface area contributed by atoms with Gasteiger partial charge in [-0.25, -0.2) is 14.6 Å². The van der Waals surface area contributed by atoms with E-state index in [2.05, 4.69) is 58.9 Å². The standard InChI is InChI=1S/C48H59N7O9/c1-9-31-12-15-39(55(31)46(57)42(25(2)3)52-47(58)62-7)44-49-21-38(51-44)29-10-13-32-30(17-29)24-64-41-20-33-28(18-35(32)41)11-14-36-34(33)19-37(50-36)40-16-27(23-60-5)22-54(40)45(56)43(26(4)61-6)53-48(59)63-8/h10-11,13-14,17-18,20-21,25-27,31,39-40,42-43H,9,12,15-16,19,22-24H2,1-8H3,(H,49,51)(H,52,58)(H,53,59)/t26-,27+,31+,39+,40+,42+,43?/m1/s1. The van der Waals surface area contributed by atoms with Crippen LogP contribution in [0.4, 0.5) is 15.3 Å². The minimum absolute atomic E-state index is 0.0307. The topological polar surface area (TPSA) is 186 Å². The summed E-state index contributed by atoms with van der Waals surface area (Å²) in [6, 6.07) is 12.6. The highest BCUT2D eigenvalue weighted by molar-refractivity contribution is 6.06. The Balaban J connectivity index is 1.02. The number of alkyl carbamates (subject to hydrolysis) is 2. The second-order valence-corrected chi connectivity index (χ2v) is 17.6. The summed E-state index contributed by atoms with van der Waals surface area (Å²) in [5, 5.41) is 7.54. The van der Waals surface area contributed by atoms with Crippen molar-refractivity contribution in [3.63, 3.8) is 0 Å². The number of aromatic amines is 1. The maximum absolute atomic E-state index is 14.2. The smallest absolute Gasteiger partial charge is 0.407 e. The van der Waals surface area contributed by atoms with Crippen molar-refractivity contribution in [2.75, 3.05) is 41.6 Å². The number of benzene rings is 3. The van der Waals surface area contributed by atoms with Crippen molar-refractivity contribution in [2.45, 2.75) is 103 Å². The summed E-state index contributed by atoms with van der Waals surface area (Å²) in [6.45, 7) is 8.99. The third-order valence-corrected chi connectivity index (χ3v) is 13.5. The lowest BCUT2D eigenvalue weighted by atomic mass is 9.90. The van der Waals surface area contributed by atoms with Gasteiger partial charge in [0.25, 0.3) is 0 Å². The van der Waals surface area contributed by atoms with Crippen LogP contribution in [0.1, 0.15) is 76.4 Å². The van der Waals surface area contributed by atoms with Crippen LogP contribution in [0.25, 0.3) is 33.2 Å². The average Bonchev–Trinajstić information content (AvgIpc) is 4.14. The molecule has 4 aliphatic rings. The molecule has 1 aromatic heterocycles. The maximum atomic E-state index is 14.2. The predicted molar refractivity (Wildman–Crippen MR) is 240 cm³/mol. The molecular formula is C48H59N7O9. The van der Waals surface area contributed by atoms with Gasteiger partial charge >= 0.3 is 12.2 Å². The van der Waals surface area contributed by atoms with Gasteiger partial charge in [0.15, 0.2) is 0 Å². The zero-order valence-corrected chi connectivity index (χ0v) is 37.9. The van der Waals surface area contributed by atoms with E-state index >= 15 is 0 Å². The van der Waals surface area contributed by atoms with Gasteiger partial charge in [0, 0.05) is 50.4 Å². The Hall–Kier alpha value is -6.00. The molecule has 1 unspecified atom stereocenters. The first-order chi connectivity index (χ1) is 30.9. The number of hydrogen-bond acceptors (Lipinski definition) is 11. The van der Waals surface area contributed by atoms with E-state index in [-0.39, 0.29) is 41.8 Å². The number of aliphatic imine (C=N–C) groups is 1. The molecule has 0 bridgehead atoms. The van der Waals surface area contributed by atoms with E-state index in [1.165, 1.54) is 21.3 Å². The fourth-order valence-electron chi connectivity index (χ4n) is 10.0. The van der Waals surface area contributed by atoms with Crippen LogP contribution in [0.15, 0.2) is 53.7 Å². The molecule has 8 rings (SSSR count). The van der Waals surface area contributed by atoms with Crippen LogP contribution in [0.3, 0.4) is 0 Å². The minimum Gasteiger partial charge on any atom is -0.488 e. The molecular weight excluding hydrogens is 819 g/mol. The molecule has 16 nitrogen and oxygen atoms in total. The Kier molecular flexibility index (Phi) is 13.0. The molecule has 7 atom stereocenters. The largest absolute Gasteiger partial charge is 0.488 e. The van der Waals surface area contributed by atoms with E-state index in [0.29, 0.717) is 38.4 Å². The fraction of sp³-hybridized carbons (Fsp3) is 0.500. The molecule has 0 radical (unpaired) electrons. The van der Waals surface area contributed by atoms with Gasteiger partial charge in [0.2, 0.25) is 11.8 Å². The SMILES string of the molecule is CC[C@H]1CC[C@@H](c2ncc(-c3ccc4c(c3)COc3cc5c6c(ccc5cc3-4)N=C([C@@H]3C[C@H](COC)CN3C(=O)C(NC(=O)OC)[C@@H](C)OC)C6)[nH]2)N1C(=O)[C@@H](NC(=O)OC)C(C)C. The Bertz CT molecular complexity index is 2470. The van der Waals surface area contributed by atoms with E-state index in [9.17, 15) is 19.2 Å². The van der Waals surface area contributed by atoms with Crippen molar-refractivity contribution in [3.8, 4) is 28.1 Å². The number of H-pyrrole nitrogens is 1. The summed E-state index contributed by atoms with van der Waals surface area (Å²) in [7, 11) is 5.73. The third-order valence-electron chi connectivity index (χ3n) is 13.5. The molecule has 4 aromatic rings. The molecule has 5 heterocycles. The number of imidazole rings is 1. The summed E-state index contributed by atoms with van der Waals surface area (Å²) in [6.07, 6.45) is 3.54. The van der Waals surface area contributed by atoms with Gasteiger partial charge in [-0.15, -0.1) is 0 Å². The molecule has 64 heavy (non-hydrogen) atoms. The van der Waals surface area contributed by atoms with Crippen molar-refractivity contribution in [1.82, 2.24) is 30.4 Å². The normalized spacial score (nSPS) is 21.4. The van der Waals surface area contributed by atoms with Crippen LogP contribution in [0.5, 0.6) is 5.75 Å². The molecule has 3 N–H and O–H groups in total. The Morgan fingerprint density at radius 3 is 2.38 bits per heavy atom. The molecule has 340 valence electrons. The van der Waals surface area contributed by atoms with Crippen LogP contribution >= 0.6 is 0 Å². The number of ether oxygens (including phenoxy) is 5. The second kappa shape index (κ2) is 18.6. The van der Waals surface area contributed by atoms with E-state index in [0.717, 1.165) is 80.7 Å². The number of hydrogen-bond donors (Lipinski definition) is 3. The van der Waals surface area contributed by atoms with Gasteiger partial charge in [0.1, 0.15) is 30.3 Å². The van der Waals surface area contributed by atoms with Crippen molar-refractivity contribution < 1.29 is 42.9 Å². The van der Waals surface area contributed by atoms with Crippen LogP contribution in [0, 0.1) is 11.8 Å². The number of rotatable bonds is 13. The average molecular weight is 878 g/mol. The van der Waals surface area contributed by atoms with E-state index < -0.39 is 30.4 Å². The number of carbonyl (C=O) groups is 4. The Morgan fingerprint density at radius 2 is 1.67 bits per heavy atom. The molecule has 16 heteroatoms. The number of likely N-dealkylation sites (tertiary alicyclic amines) is 2. The van der Waals surface area contributed by atoms with Crippen LogP contribution in [-0.4, -0.2) is 121 Å². The van der Waals surface area contributed by atoms with Crippen molar-refractivity contribution >= 4 is 46.2 Å². The Morgan fingerprint density at radius 1 is 0.906 bits per heavy atom. The fourth-order valence-corrected chi connectivity index (χ4v) is 10.0. The number of nitrogens with zero attached hydrogens (tertiary/aromatic N) is 4. The highest BCUT2D eigenvalue weighted by atomic mass is 16.5. The van der Waals surface area contributed by atoms with E-state index in [4.69, 9.17) is 33.7 Å². The summed E-state index contributed by atoms with van der Waals surface area (Å²) in [4.78, 5) is 69.9. The monoisotopic (exact) mass is 877 g/mol. The highest BCUT2D eigenvalue weighted by Crippen LogP contribution is 2.45. The molecule has 2 fully saturated rings. The molecule has 0 saturated carbocycles. The molecule has 0 aliphatic carbocycles. The zero-order valence-electron chi connectivity index (χ0n) is 37.9. The molecule has 4 amide bonds. The number of methoxy groups -OCH3 is 4. The first-order valence-corrected chi connectivity index (χ1v) is 22.2. The van der Waals surface area contributed by atoms with Gasteiger partial charge in [-0.2, -0.15) is 0 Å². The van der Waals surface area contributed by atoms with Crippen LogP contribution in [0.2, 0.25) is 0 Å². The van der Waals surface area contributed by atoms with Gasteiger partial charge < -0.3 is 49.1 Å². The lowest BCUT2D eigenvalue weighted by molar-refractivity contribution is -0.138. The lowest BCUT2D eigenvalue weighted by Crippen LogP contribution is -2.56. The lowest BCUT2D eigenvalue weighted by Gasteiger charge is -2.34. The first-order valence-electron chi connectivity index (χ1n) is 22.2. The quantitative estimate of drug-likeness (QED) is 0.128. The number of amides is 4. The summed E-state index contributed by atoms with van der Waals surface area (Å²) < 4.78 is 27.2. The minimum atomic E-state index is -0.943. The van der Waals surface area contributed by atoms with E-state index in [1.807, 2.05) is 35.9 Å². The van der Waals surface area contributed by atoms with Gasteiger partial charge in [0.05, 0.1) is 56.6 Å². The molecule has 0 spiro atoms. The van der Waals surface area contributed by atoms with Crippen molar-refractivity contribution in [1.29, 1.82) is 0 Å². The summed E-state index contributed by atoms with van der Waals surface area (Å²) in [5.41, 5.74) is 7.78. The molecule has 2 saturated heterocycles. The van der Waals surface area contributed by atoms with Gasteiger partial charge in [-0.1, -0.05) is 39.0 Å². The van der Waals surface area contributed by atoms with Gasteiger partial charge in [-0.3, -0.25) is 14.6 Å². The highest BCUT2D eigenvalue weighted by Gasteiger charge is 2.44. The first kappa shape index (κ1) is 44.6. The second-order valence-electron chi connectivity index (χ2n) is 17.6. The van der Waals surface area contributed by atoms with Crippen LogP contribution < -0.4 is 15.4 Å². The van der Waals surface area contributed by atoms with Crippen molar-refractivity contribution in [2.24, 2.45) is 16.8 Å². The summed E-state index contributed by atoms with van der Waals surface area (Å²) in [5.74, 6) is 1.08. The van der Waals surface area contributed by atoms with Crippen molar-refractivity contribution in [3.05, 3.63) is 65.6 Å². The summed E-state index contributed by atoms with van der Waals surface area (Å²) >= 11 is 0. The van der Waals surface area contributed by atoms with Crippen LogP contribution in [-0.2, 0) is 41.6 Å². The number of nitrogens with one attached hydrogen (secondary N) is 3. The van der Waals surface area contributed by atoms with E-state index in [1.54, 1.807) is 14.0 Å². The Labute approximate surface area is 373 Å². The number of aromatic nitrogens is 2. The predicted octanol–water partition coefficient (Wildman–Crippen LogP) is 6.86. The number of fused-ring (bicyclic) bond motifs is 6. The maximum Gasteiger partial charge on any atom is 0.407 e. The third kappa shape index (κ3) is 8.40. The zero-order chi connectivity index (χ0) is 45.4.